The van der Waals surface area contributed by atoms with Gasteiger partial charge in [0.1, 0.15) is 11.5 Å². The molecule has 0 aromatic heterocycles. The van der Waals surface area contributed by atoms with Crippen molar-refractivity contribution < 1.29 is 9.47 Å². The fraction of sp³-hybridized carbons (Fsp3) is 0.208. The molecule has 0 saturated heterocycles. The Kier molecular flexibility index (Phi) is 8.02. The predicted octanol–water partition coefficient (Wildman–Crippen LogP) is 6.72. The van der Waals surface area contributed by atoms with Crippen LogP contribution in [0.4, 0.5) is 5.69 Å². The van der Waals surface area contributed by atoms with Gasteiger partial charge in [-0.3, -0.25) is 0 Å². The van der Waals surface area contributed by atoms with E-state index in [0.717, 1.165) is 33.9 Å². The van der Waals surface area contributed by atoms with Gasteiger partial charge in [0.05, 0.1) is 19.9 Å². The predicted molar refractivity (Wildman–Crippen MR) is 133 cm³/mol. The van der Waals surface area contributed by atoms with Crippen LogP contribution in [0.1, 0.15) is 16.7 Å². The molecule has 0 atom stereocenters. The molecular formula is C24H24Cl2N2O2S. The minimum Gasteiger partial charge on any atom is -0.497 e. The number of hydrogen-bond donors (Lipinski definition) is 1. The minimum atomic E-state index is 0.516. The fourth-order valence-corrected chi connectivity index (χ4v) is 3.83. The zero-order chi connectivity index (χ0) is 22.4. The van der Waals surface area contributed by atoms with Crippen molar-refractivity contribution in [1.29, 1.82) is 0 Å². The van der Waals surface area contributed by atoms with Crippen molar-refractivity contribution in [2.75, 3.05) is 19.5 Å². The number of benzene rings is 3. The molecule has 31 heavy (non-hydrogen) atoms. The third kappa shape index (κ3) is 6.26. The van der Waals surface area contributed by atoms with Gasteiger partial charge in [-0.1, -0.05) is 47.5 Å². The van der Waals surface area contributed by atoms with Crippen LogP contribution in [-0.2, 0) is 13.1 Å². The smallest absolute Gasteiger partial charge is 0.174 e. The van der Waals surface area contributed by atoms with Gasteiger partial charge >= 0.3 is 0 Å². The topological polar surface area (TPSA) is 33.7 Å². The third-order valence-electron chi connectivity index (χ3n) is 4.79. The van der Waals surface area contributed by atoms with Gasteiger partial charge in [0.2, 0.25) is 0 Å². The van der Waals surface area contributed by atoms with E-state index in [2.05, 4.69) is 5.32 Å². The maximum atomic E-state index is 6.44. The number of hydrogen-bond acceptors (Lipinski definition) is 3. The molecule has 0 aliphatic rings. The van der Waals surface area contributed by atoms with E-state index in [1.54, 1.807) is 20.3 Å². The lowest BCUT2D eigenvalue weighted by Crippen LogP contribution is -2.34. The summed E-state index contributed by atoms with van der Waals surface area (Å²) in [5, 5.41) is 5.09. The Labute approximate surface area is 198 Å². The Balaban J connectivity index is 1.88. The molecule has 3 aromatic carbocycles. The molecule has 0 amide bonds. The molecule has 0 bridgehead atoms. The van der Waals surface area contributed by atoms with E-state index in [-0.39, 0.29) is 0 Å². The van der Waals surface area contributed by atoms with Gasteiger partial charge in [-0.15, -0.1) is 0 Å². The lowest BCUT2D eigenvalue weighted by atomic mass is 10.1. The number of rotatable bonds is 7. The molecule has 0 aliphatic heterocycles. The first kappa shape index (κ1) is 23.2. The number of aryl methyl sites for hydroxylation is 1. The summed E-state index contributed by atoms with van der Waals surface area (Å²) in [6, 6.07) is 19.3. The molecule has 0 fully saturated rings. The average molecular weight is 475 g/mol. The van der Waals surface area contributed by atoms with E-state index in [4.69, 9.17) is 44.9 Å². The zero-order valence-corrected chi connectivity index (χ0v) is 19.9. The highest BCUT2D eigenvalue weighted by atomic mass is 35.5. The Bertz CT molecular complexity index is 1060. The van der Waals surface area contributed by atoms with Gasteiger partial charge < -0.3 is 19.7 Å². The highest BCUT2D eigenvalue weighted by Gasteiger charge is 2.16. The quantitative estimate of drug-likeness (QED) is 0.384. The Morgan fingerprint density at radius 3 is 2.32 bits per heavy atom. The zero-order valence-electron chi connectivity index (χ0n) is 17.6. The standard InChI is InChI=1S/C24H24Cl2N2O2S/c1-16-4-11-23(30-3)22(12-16)27-24(31)28(14-17-5-9-20(29-2)10-6-17)15-18-7-8-19(25)13-21(18)26/h4-13H,14-15H2,1-3H3,(H,27,31). The van der Waals surface area contributed by atoms with Crippen LogP contribution in [0.2, 0.25) is 10.0 Å². The summed E-state index contributed by atoms with van der Waals surface area (Å²) in [5.74, 6) is 1.53. The SMILES string of the molecule is COc1ccc(CN(Cc2ccc(Cl)cc2Cl)C(=S)Nc2cc(C)ccc2OC)cc1. The molecule has 0 radical (unpaired) electrons. The Morgan fingerprint density at radius 2 is 1.68 bits per heavy atom. The second-order valence-electron chi connectivity index (χ2n) is 7.07. The van der Waals surface area contributed by atoms with Gasteiger partial charge in [0.25, 0.3) is 0 Å². The van der Waals surface area contributed by atoms with Gasteiger partial charge in [-0.2, -0.15) is 0 Å². The molecule has 3 rings (SSSR count). The maximum Gasteiger partial charge on any atom is 0.174 e. The summed E-state index contributed by atoms with van der Waals surface area (Å²) >= 11 is 18.3. The number of thiocarbonyl (C=S) groups is 1. The van der Waals surface area contributed by atoms with Crippen molar-refractivity contribution in [3.05, 3.63) is 87.4 Å². The van der Waals surface area contributed by atoms with Crippen molar-refractivity contribution in [3.63, 3.8) is 0 Å². The second-order valence-corrected chi connectivity index (χ2v) is 8.30. The lowest BCUT2D eigenvalue weighted by molar-refractivity contribution is 0.405. The molecule has 1 N–H and O–H groups in total. The molecule has 0 heterocycles. The van der Waals surface area contributed by atoms with E-state index in [1.807, 2.05) is 66.4 Å². The van der Waals surface area contributed by atoms with E-state index in [1.165, 1.54) is 0 Å². The molecule has 0 aliphatic carbocycles. The molecule has 0 unspecified atom stereocenters. The van der Waals surface area contributed by atoms with Gasteiger partial charge in [0, 0.05) is 23.1 Å². The van der Waals surface area contributed by atoms with Crippen LogP contribution in [0.3, 0.4) is 0 Å². The van der Waals surface area contributed by atoms with Crippen LogP contribution in [0.25, 0.3) is 0 Å². The Morgan fingerprint density at radius 1 is 0.935 bits per heavy atom. The Hall–Kier alpha value is -2.47. The summed E-state index contributed by atoms with van der Waals surface area (Å²) in [6.45, 7) is 3.13. The van der Waals surface area contributed by atoms with Crippen molar-refractivity contribution in [2.24, 2.45) is 0 Å². The first-order valence-corrected chi connectivity index (χ1v) is 10.8. The lowest BCUT2D eigenvalue weighted by Gasteiger charge is -2.27. The number of nitrogens with zero attached hydrogens (tertiary/aromatic N) is 1. The first-order chi connectivity index (χ1) is 14.9. The van der Waals surface area contributed by atoms with Crippen molar-refractivity contribution in [3.8, 4) is 11.5 Å². The molecule has 0 saturated carbocycles. The summed E-state index contributed by atoms with van der Waals surface area (Å²) in [6.07, 6.45) is 0. The third-order valence-corrected chi connectivity index (χ3v) is 5.74. The number of anilines is 1. The number of methoxy groups -OCH3 is 2. The number of ether oxygens (including phenoxy) is 2. The van der Waals surface area contributed by atoms with Crippen LogP contribution in [0, 0.1) is 6.92 Å². The minimum absolute atomic E-state index is 0.516. The maximum absolute atomic E-state index is 6.44. The van der Waals surface area contributed by atoms with E-state index >= 15 is 0 Å². The van der Waals surface area contributed by atoms with Crippen LogP contribution in [-0.4, -0.2) is 24.2 Å². The highest BCUT2D eigenvalue weighted by molar-refractivity contribution is 7.80. The van der Waals surface area contributed by atoms with Crippen molar-refractivity contribution in [1.82, 2.24) is 4.90 Å². The van der Waals surface area contributed by atoms with Gasteiger partial charge in [0.15, 0.2) is 5.11 Å². The second kappa shape index (κ2) is 10.7. The van der Waals surface area contributed by atoms with Crippen molar-refractivity contribution in [2.45, 2.75) is 20.0 Å². The summed E-state index contributed by atoms with van der Waals surface area (Å²) < 4.78 is 10.7. The molecule has 7 heteroatoms. The van der Waals surface area contributed by atoms with E-state index < -0.39 is 0 Å². The molecule has 162 valence electrons. The molecule has 3 aromatic rings. The average Bonchev–Trinajstić information content (AvgIpc) is 2.75. The molecular weight excluding hydrogens is 451 g/mol. The van der Waals surface area contributed by atoms with Gasteiger partial charge in [-0.25, -0.2) is 0 Å². The van der Waals surface area contributed by atoms with E-state index in [0.29, 0.717) is 28.2 Å². The monoisotopic (exact) mass is 474 g/mol. The number of nitrogens with one attached hydrogen (secondary N) is 1. The van der Waals surface area contributed by atoms with Crippen LogP contribution < -0.4 is 14.8 Å². The van der Waals surface area contributed by atoms with Crippen molar-refractivity contribution >= 4 is 46.2 Å². The van der Waals surface area contributed by atoms with Crippen LogP contribution >= 0.6 is 35.4 Å². The summed E-state index contributed by atoms with van der Waals surface area (Å²) in [7, 11) is 3.29. The molecule has 0 spiro atoms. The highest BCUT2D eigenvalue weighted by Crippen LogP contribution is 2.27. The summed E-state index contributed by atoms with van der Waals surface area (Å²) in [4.78, 5) is 2.05. The van der Waals surface area contributed by atoms with Crippen LogP contribution in [0.5, 0.6) is 11.5 Å². The first-order valence-electron chi connectivity index (χ1n) is 9.67. The summed E-state index contributed by atoms with van der Waals surface area (Å²) in [5.41, 5.74) is 3.94. The molecule has 4 nitrogen and oxygen atoms in total. The van der Waals surface area contributed by atoms with Gasteiger partial charge in [-0.05, 0) is 72.2 Å². The normalized spacial score (nSPS) is 10.5. The fourth-order valence-electron chi connectivity index (χ4n) is 3.12. The van der Waals surface area contributed by atoms with E-state index in [9.17, 15) is 0 Å². The largest absolute Gasteiger partial charge is 0.497 e. The number of halogens is 2. The van der Waals surface area contributed by atoms with Crippen LogP contribution in [0.15, 0.2) is 60.7 Å².